The Morgan fingerprint density at radius 2 is 2.24 bits per heavy atom. The summed E-state index contributed by atoms with van der Waals surface area (Å²) >= 11 is 0. The number of amides is 1. The van der Waals surface area contributed by atoms with Crippen LogP contribution in [0, 0.1) is 5.82 Å². The van der Waals surface area contributed by atoms with Crippen LogP contribution in [-0.4, -0.2) is 21.8 Å². The second-order valence-electron chi connectivity index (χ2n) is 4.45. The molecular weight excluding hydrogens is 227 g/mol. The molecule has 0 radical (unpaired) electrons. The molecule has 0 saturated carbocycles. The van der Waals surface area contributed by atoms with Crippen LogP contribution in [0.3, 0.4) is 0 Å². The van der Waals surface area contributed by atoms with Crippen LogP contribution in [0.25, 0.3) is 0 Å². The molecule has 17 heavy (non-hydrogen) atoms. The average molecular weight is 242 g/mol. The molecule has 0 aliphatic carbocycles. The molecule has 5 nitrogen and oxygen atoms in total. The van der Waals surface area contributed by atoms with Crippen LogP contribution in [0.4, 0.5) is 15.0 Å². The van der Waals surface area contributed by atoms with Crippen molar-refractivity contribution in [3.05, 3.63) is 23.6 Å². The topological polar surface area (TPSA) is 71.5 Å². The third-order valence-corrected chi connectivity index (χ3v) is 1.73. The average Bonchev–Trinajstić information content (AvgIpc) is 2.18. The van der Waals surface area contributed by atoms with Gasteiger partial charge in [0.05, 0.1) is 12.8 Å². The number of halogens is 1. The van der Waals surface area contributed by atoms with E-state index in [0.29, 0.717) is 0 Å². The van der Waals surface area contributed by atoms with Gasteiger partial charge in [-0.15, -0.1) is 0 Å². The van der Waals surface area contributed by atoms with Gasteiger partial charge in [-0.1, -0.05) is 0 Å². The van der Waals surface area contributed by atoms with Crippen LogP contribution < -0.4 is 5.32 Å². The molecule has 0 aliphatic rings. The fourth-order valence-corrected chi connectivity index (χ4v) is 1.08. The highest BCUT2D eigenvalue weighted by Crippen LogP contribution is 2.13. The van der Waals surface area contributed by atoms with Crippen molar-refractivity contribution >= 4 is 11.9 Å². The lowest BCUT2D eigenvalue weighted by atomic mass is 10.2. The lowest BCUT2D eigenvalue weighted by molar-refractivity contribution is 0.0635. The van der Waals surface area contributed by atoms with E-state index >= 15 is 0 Å². The maximum absolute atomic E-state index is 13.0. The van der Waals surface area contributed by atoms with Gasteiger partial charge in [-0.2, -0.15) is 0 Å². The van der Waals surface area contributed by atoms with E-state index in [-0.39, 0.29) is 11.4 Å². The summed E-state index contributed by atoms with van der Waals surface area (Å²) in [7, 11) is 0. The summed E-state index contributed by atoms with van der Waals surface area (Å²) in [6.45, 7) is 4.72. The number of carbonyl (C=O) groups excluding carboxylic acids is 1. The van der Waals surface area contributed by atoms with Crippen molar-refractivity contribution < 1.29 is 19.0 Å². The number of aliphatic hydroxyl groups excluding tert-OH is 1. The number of nitrogens with one attached hydrogen (secondary N) is 1. The summed E-state index contributed by atoms with van der Waals surface area (Å²) < 4.78 is 18.0. The van der Waals surface area contributed by atoms with E-state index in [2.05, 4.69) is 10.3 Å². The van der Waals surface area contributed by atoms with Gasteiger partial charge in [-0.05, 0) is 26.8 Å². The van der Waals surface area contributed by atoms with Crippen molar-refractivity contribution in [3.8, 4) is 0 Å². The number of aliphatic hydroxyl groups is 1. The number of hydrogen-bond donors (Lipinski definition) is 2. The van der Waals surface area contributed by atoms with E-state index in [1.807, 2.05) is 0 Å². The monoisotopic (exact) mass is 242 g/mol. The molecule has 0 aliphatic heterocycles. The molecule has 1 amide bonds. The molecule has 94 valence electrons. The fourth-order valence-electron chi connectivity index (χ4n) is 1.08. The van der Waals surface area contributed by atoms with Gasteiger partial charge in [-0.25, -0.2) is 14.2 Å². The summed E-state index contributed by atoms with van der Waals surface area (Å²) in [6.07, 6.45) is 0.249. The molecule has 0 saturated heterocycles. The summed E-state index contributed by atoms with van der Waals surface area (Å²) in [5.74, 6) is -0.494. The zero-order chi connectivity index (χ0) is 13.1. The Kier molecular flexibility index (Phi) is 4.01. The van der Waals surface area contributed by atoms with Crippen LogP contribution in [0.1, 0.15) is 26.3 Å². The Bertz CT molecular complexity index is 416. The number of hydrogen-bond acceptors (Lipinski definition) is 4. The second kappa shape index (κ2) is 5.09. The lowest BCUT2D eigenvalue weighted by Crippen LogP contribution is -2.27. The van der Waals surface area contributed by atoms with Crippen molar-refractivity contribution in [3.63, 3.8) is 0 Å². The number of carbonyl (C=O) groups is 1. The molecule has 1 aromatic heterocycles. The first-order valence-corrected chi connectivity index (χ1v) is 5.07. The molecule has 0 unspecified atom stereocenters. The van der Waals surface area contributed by atoms with E-state index in [1.54, 1.807) is 20.8 Å². The maximum Gasteiger partial charge on any atom is 0.413 e. The van der Waals surface area contributed by atoms with Gasteiger partial charge in [0, 0.05) is 5.56 Å². The first-order chi connectivity index (χ1) is 7.81. The highest BCUT2D eigenvalue weighted by molar-refractivity contribution is 5.83. The van der Waals surface area contributed by atoms with Crippen LogP contribution >= 0.6 is 0 Å². The predicted molar refractivity (Wildman–Crippen MR) is 60.0 cm³/mol. The van der Waals surface area contributed by atoms with Crippen LogP contribution in [0.5, 0.6) is 0 Å². The summed E-state index contributed by atoms with van der Waals surface area (Å²) in [6, 6.07) is 1.25. The Morgan fingerprint density at radius 1 is 1.59 bits per heavy atom. The molecule has 1 rings (SSSR count). The number of ether oxygens (including phenoxy) is 1. The summed E-state index contributed by atoms with van der Waals surface area (Å²) in [5, 5.41) is 11.2. The highest BCUT2D eigenvalue weighted by Gasteiger charge is 2.16. The molecule has 2 N–H and O–H groups in total. The minimum atomic E-state index is -0.680. The van der Waals surface area contributed by atoms with Crippen molar-refractivity contribution in [2.75, 3.05) is 5.32 Å². The molecule has 1 heterocycles. The first kappa shape index (κ1) is 13.4. The minimum Gasteiger partial charge on any atom is -0.444 e. The normalized spacial score (nSPS) is 11.1. The molecule has 1 aromatic rings. The van der Waals surface area contributed by atoms with Crippen molar-refractivity contribution in [1.29, 1.82) is 0 Å². The molecule has 6 heteroatoms. The predicted octanol–water partition coefficient (Wildman–Crippen LogP) is 2.06. The van der Waals surface area contributed by atoms with Crippen molar-refractivity contribution in [2.45, 2.75) is 33.0 Å². The zero-order valence-electron chi connectivity index (χ0n) is 9.95. The number of anilines is 1. The van der Waals surface area contributed by atoms with E-state index in [1.165, 1.54) is 6.07 Å². The molecule has 0 aromatic carbocycles. The van der Waals surface area contributed by atoms with Crippen molar-refractivity contribution in [1.82, 2.24) is 4.98 Å². The Hall–Kier alpha value is -1.69. The quantitative estimate of drug-likeness (QED) is 0.832. The molecule has 0 spiro atoms. The van der Waals surface area contributed by atoms with Gasteiger partial charge >= 0.3 is 6.09 Å². The minimum absolute atomic E-state index is 0.0612. The fraction of sp³-hybridized carbons (Fsp3) is 0.455. The Balaban J connectivity index is 2.72. The van der Waals surface area contributed by atoms with Crippen LogP contribution in [-0.2, 0) is 11.3 Å². The van der Waals surface area contributed by atoms with E-state index in [9.17, 15) is 9.18 Å². The summed E-state index contributed by atoms with van der Waals surface area (Å²) in [5.41, 5.74) is -0.560. The van der Waals surface area contributed by atoms with Crippen molar-refractivity contribution in [2.24, 2.45) is 0 Å². The third-order valence-electron chi connectivity index (χ3n) is 1.73. The molecule has 0 atom stereocenters. The number of rotatable bonds is 2. The Labute approximate surface area is 98.6 Å². The molecule has 0 bridgehead atoms. The van der Waals surface area contributed by atoms with Gasteiger partial charge in [0.2, 0.25) is 0 Å². The smallest absolute Gasteiger partial charge is 0.413 e. The van der Waals surface area contributed by atoms with Crippen LogP contribution in [0.15, 0.2) is 12.3 Å². The first-order valence-electron chi connectivity index (χ1n) is 5.07. The van der Waals surface area contributed by atoms with E-state index in [0.717, 1.165) is 6.20 Å². The standard InChI is InChI=1S/C11H15FN2O3/c1-11(2,3)17-10(16)14-9-4-7(6-15)8(12)5-13-9/h4-5,15H,6H2,1-3H3,(H,13,14,16). The number of aromatic nitrogens is 1. The van der Waals surface area contributed by atoms with Gasteiger partial charge in [0.1, 0.15) is 17.2 Å². The van der Waals surface area contributed by atoms with E-state index < -0.39 is 24.1 Å². The highest BCUT2D eigenvalue weighted by atomic mass is 19.1. The second-order valence-corrected chi connectivity index (χ2v) is 4.45. The van der Waals surface area contributed by atoms with Gasteiger partial charge < -0.3 is 9.84 Å². The Morgan fingerprint density at radius 3 is 2.76 bits per heavy atom. The van der Waals surface area contributed by atoms with Crippen LogP contribution in [0.2, 0.25) is 0 Å². The van der Waals surface area contributed by atoms with Gasteiger partial charge in [0.25, 0.3) is 0 Å². The molecule has 0 fully saturated rings. The van der Waals surface area contributed by atoms with E-state index in [4.69, 9.17) is 9.84 Å². The summed E-state index contributed by atoms with van der Waals surface area (Å²) in [4.78, 5) is 15.0. The SMILES string of the molecule is CC(C)(C)OC(=O)Nc1cc(CO)c(F)cn1. The van der Waals surface area contributed by atoms with Gasteiger partial charge in [-0.3, -0.25) is 5.32 Å². The largest absolute Gasteiger partial charge is 0.444 e. The number of pyridine rings is 1. The third kappa shape index (κ3) is 4.36. The zero-order valence-corrected chi connectivity index (χ0v) is 9.95. The lowest BCUT2D eigenvalue weighted by Gasteiger charge is -2.19. The molecular formula is C11H15FN2O3. The number of nitrogens with zero attached hydrogens (tertiary/aromatic N) is 1. The van der Waals surface area contributed by atoms with Gasteiger partial charge in [0.15, 0.2) is 0 Å². The maximum atomic E-state index is 13.0.